The maximum Gasteiger partial charge on any atom is 0.209 e. The molecule has 0 amide bonds. The van der Waals surface area contributed by atoms with E-state index in [1.54, 1.807) is 18.2 Å². The van der Waals surface area contributed by atoms with Crippen molar-refractivity contribution in [3.05, 3.63) is 53.7 Å². The van der Waals surface area contributed by atoms with Crippen LogP contribution in [-0.4, -0.2) is 15.4 Å². The molecule has 1 heterocycles. The van der Waals surface area contributed by atoms with E-state index in [1.807, 2.05) is 24.3 Å². The number of pyridine rings is 1. The minimum absolute atomic E-state index is 0.147. The number of rotatable bonds is 1. The van der Waals surface area contributed by atoms with Crippen molar-refractivity contribution in [3.63, 3.8) is 0 Å². The number of hydrogen-bond donors (Lipinski definition) is 2. The lowest BCUT2D eigenvalue weighted by Gasteiger charge is -2.23. The van der Waals surface area contributed by atoms with Gasteiger partial charge in [-0.25, -0.2) is 4.98 Å². The van der Waals surface area contributed by atoms with Crippen LogP contribution in [0.25, 0.3) is 21.8 Å². The predicted molar refractivity (Wildman–Crippen MR) is 68.0 cm³/mol. The molecule has 0 aliphatic heterocycles. The Bertz CT molecular complexity index is 735. The van der Waals surface area contributed by atoms with E-state index in [1.165, 1.54) is 6.07 Å². The average Bonchev–Trinajstić information content (AvgIpc) is 2.34. The van der Waals surface area contributed by atoms with Gasteiger partial charge >= 0.3 is 0 Å². The number of hydrogen-bond acceptors (Lipinski definition) is 4. The summed E-state index contributed by atoms with van der Waals surface area (Å²) in [7, 11) is 0. The highest BCUT2D eigenvalue weighted by Gasteiger charge is 2.19. The summed E-state index contributed by atoms with van der Waals surface area (Å²) in [5.41, 5.74) is 1.19. The first-order valence-corrected chi connectivity index (χ1v) is 5.40. The normalized spacial score (nSPS) is 12.2. The third-order valence-corrected chi connectivity index (χ3v) is 2.85. The molecule has 0 saturated heterocycles. The highest BCUT2D eigenvalue weighted by molar-refractivity contribution is 5.98. The van der Waals surface area contributed by atoms with Crippen molar-refractivity contribution < 1.29 is 10.4 Å². The molecule has 2 aromatic carbocycles. The van der Waals surface area contributed by atoms with Crippen molar-refractivity contribution in [2.75, 3.05) is 0 Å². The predicted octanol–water partition coefficient (Wildman–Crippen LogP) is 2.97. The smallest absolute Gasteiger partial charge is 0.209 e. The summed E-state index contributed by atoms with van der Waals surface area (Å²) < 4.78 is 0. The average molecular weight is 242 g/mol. The van der Waals surface area contributed by atoms with Crippen LogP contribution in [0.1, 0.15) is 0 Å². The number of nitrogens with zero attached hydrogens (tertiary/aromatic N) is 2. The summed E-state index contributed by atoms with van der Waals surface area (Å²) in [5, 5.41) is 30.9. The minimum atomic E-state index is -2.45. The van der Waals surface area contributed by atoms with Crippen molar-refractivity contribution in [2.45, 2.75) is 0 Å². The Kier molecular flexibility index (Phi) is 2.29. The Morgan fingerprint density at radius 2 is 1.67 bits per heavy atom. The fourth-order valence-electron chi connectivity index (χ4n) is 2.04. The van der Waals surface area contributed by atoms with Crippen molar-refractivity contribution in [2.24, 2.45) is 0 Å². The largest absolute Gasteiger partial charge is 0.559 e. The van der Waals surface area contributed by atoms with Crippen molar-refractivity contribution >= 4 is 27.5 Å². The molecular formula is C13H10N2O3. The molecule has 0 radical (unpaired) electrons. The van der Waals surface area contributed by atoms with Gasteiger partial charge in [0, 0.05) is 11.5 Å². The van der Waals surface area contributed by atoms with E-state index in [0.717, 1.165) is 10.9 Å². The highest BCUT2D eigenvalue weighted by atomic mass is 17.1. The SMILES string of the molecule is [O-][N+](O)(O)c1cccc2nc3ccccc3cc12. The van der Waals surface area contributed by atoms with Gasteiger partial charge in [-0.15, -0.1) is 0 Å². The van der Waals surface area contributed by atoms with Crippen LogP contribution in [0.3, 0.4) is 0 Å². The summed E-state index contributed by atoms with van der Waals surface area (Å²) >= 11 is 0. The van der Waals surface area contributed by atoms with Gasteiger partial charge in [0.25, 0.3) is 0 Å². The molecule has 18 heavy (non-hydrogen) atoms. The third-order valence-electron chi connectivity index (χ3n) is 2.85. The van der Waals surface area contributed by atoms with Crippen LogP contribution >= 0.6 is 0 Å². The quantitative estimate of drug-likeness (QED) is 0.390. The molecule has 1 aromatic heterocycles. The second-order valence-corrected chi connectivity index (χ2v) is 4.07. The molecule has 0 spiro atoms. The van der Waals surface area contributed by atoms with E-state index in [2.05, 4.69) is 4.98 Å². The summed E-state index contributed by atoms with van der Waals surface area (Å²) in [5.74, 6) is 0. The van der Waals surface area contributed by atoms with E-state index < -0.39 is 4.97 Å². The van der Waals surface area contributed by atoms with E-state index in [-0.39, 0.29) is 5.69 Å². The number of quaternary nitrogens is 1. The summed E-state index contributed by atoms with van der Waals surface area (Å²) in [6.45, 7) is 0. The Morgan fingerprint density at radius 3 is 2.44 bits per heavy atom. The van der Waals surface area contributed by atoms with Crippen LogP contribution in [-0.2, 0) is 0 Å². The summed E-state index contributed by atoms with van der Waals surface area (Å²) in [6, 6.07) is 13.8. The van der Waals surface area contributed by atoms with Crippen LogP contribution in [0, 0.1) is 5.21 Å². The van der Waals surface area contributed by atoms with Crippen LogP contribution in [0.4, 0.5) is 5.69 Å². The molecule has 0 fully saturated rings. The fraction of sp³-hybridized carbons (Fsp3) is 0. The minimum Gasteiger partial charge on any atom is -0.559 e. The molecule has 0 unspecified atom stereocenters. The van der Waals surface area contributed by atoms with Gasteiger partial charge in [0.15, 0.2) is 0 Å². The van der Waals surface area contributed by atoms with Gasteiger partial charge in [0.05, 0.1) is 16.4 Å². The first kappa shape index (κ1) is 11.1. The first-order valence-electron chi connectivity index (χ1n) is 5.40. The standard InChI is InChI=1S/C13H10N2O3/c16-15(17,18)13-7-3-6-12-10(13)8-9-4-1-2-5-11(9)14-12/h1-8,16-17H. The van der Waals surface area contributed by atoms with E-state index in [0.29, 0.717) is 10.9 Å². The Morgan fingerprint density at radius 1 is 0.944 bits per heavy atom. The molecule has 0 saturated carbocycles. The van der Waals surface area contributed by atoms with Gasteiger partial charge in [-0.05, 0) is 23.2 Å². The van der Waals surface area contributed by atoms with Crippen LogP contribution in [0.15, 0.2) is 48.5 Å². The zero-order valence-electron chi connectivity index (χ0n) is 9.32. The molecule has 3 aromatic rings. The maximum absolute atomic E-state index is 11.3. The van der Waals surface area contributed by atoms with Crippen molar-refractivity contribution in [3.8, 4) is 0 Å². The van der Waals surface area contributed by atoms with E-state index >= 15 is 0 Å². The lowest BCUT2D eigenvalue weighted by molar-refractivity contribution is -0.251. The number of aromatic nitrogens is 1. The van der Waals surface area contributed by atoms with Crippen LogP contribution < -0.4 is 4.97 Å². The Labute approximate surface area is 102 Å². The van der Waals surface area contributed by atoms with Gasteiger partial charge in [-0.3, -0.25) is 0 Å². The van der Waals surface area contributed by atoms with Gasteiger partial charge in [0.1, 0.15) is 0 Å². The highest BCUT2D eigenvalue weighted by Crippen LogP contribution is 2.30. The number of para-hydroxylation sites is 1. The zero-order chi connectivity index (χ0) is 12.8. The molecule has 5 nitrogen and oxygen atoms in total. The van der Waals surface area contributed by atoms with E-state index in [4.69, 9.17) is 10.4 Å². The molecule has 0 aliphatic carbocycles. The Balaban J connectivity index is 2.44. The molecule has 3 rings (SSSR count). The van der Waals surface area contributed by atoms with E-state index in [9.17, 15) is 5.21 Å². The third kappa shape index (κ3) is 1.71. The van der Waals surface area contributed by atoms with Gasteiger partial charge in [0.2, 0.25) is 5.69 Å². The Hall–Kier alpha value is -2.05. The molecule has 2 N–H and O–H groups in total. The lowest BCUT2D eigenvalue weighted by atomic mass is 10.1. The van der Waals surface area contributed by atoms with Gasteiger partial charge in [-0.1, -0.05) is 24.3 Å². The molecule has 0 bridgehead atoms. The molecule has 90 valence electrons. The van der Waals surface area contributed by atoms with Crippen molar-refractivity contribution in [1.29, 1.82) is 0 Å². The van der Waals surface area contributed by atoms with Gasteiger partial charge < -0.3 is 5.21 Å². The summed E-state index contributed by atoms with van der Waals surface area (Å²) in [6.07, 6.45) is 0. The lowest BCUT2D eigenvalue weighted by Crippen LogP contribution is -2.34. The number of benzene rings is 2. The monoisotopic (exact) mass is 242 g/mol. The second-order valence-electron chi connectivity index (χ2n) is 4.07. The maximum atomic E-state index is 11.3. The number of fused-ring (bicyclic) bond motifs is 2. The van der Waals surface area contributed by atoms with Gasteiger partial charge in [-0.2, -0.15) is 10.4 Å². The van der Waals surface area contributed by atoms with Crippen LogP contribution in [0.5, 0.6) is 0 Å². The second kappa shape index (κ2) is 3.72. The summed E-state index contributed by atoms with van der Waals surface area (Å²) in [4.78, 5) is 1.93. The van der Waals surface area contributed by atoms with Crippen molar-refractivity contribution in [1.82, 2.24) is 9.96 Å². The van der Waals surface area contributed by atoms with Crippen LogP contribution in [0.2, 0.25) is 0 Å². The fourth-order valence-corrected chi connectivity index (χ4v) is 2.04. The molecule has 0 aliphatic rings. The topological polar surface area (TPSA) is 76.4 Å². The first-order chi connectivity index (χ1) is 8.55. The molecule has 5 heteroatoms. The zero-order valence-corrected chi connectivity index (χ0v) is 9.32. The molecular weight excluding hydrogens is 232 g/mol. The molecule has 0 atom stereocenters.